The van der Waals surface area contributed by atoms with Crippen LogP contribution in [0.3, 0.4) is 0 Å². The lowest BCUT2D eigenvalue weighted by atomic mass is 9.99. The summed E-state index contributed by atoms with van der Waals surface area (Å²) in [7, 11) is 0. The van der Waals surface area contributed by atoms with Crippen molar-refractivity contribution in [2.24, 2.45) is 10.2 Å². The highest BCUT2D eigenvalue weighted by molar-refractivity contribution is 5.94. The Bertz CT molecular complexity index is 1080. The molecule has 0 aliphatic carbocycles. The Kier molecular flexibility index (Phi) is 10.4. The van der Waals surface area contributed by atoms with Crippen LogP contribution in [-0.2, 0) is 24.6 Å². The molecule has 9 N–H and O–H groups in total. The molecule has 3 aliphatic rings. The van der Waals surface area contributed by atoms with Crippen molar-refractivity contribution in [3.05, 3.63) is 35.4 Å². The Morgan fingerprint density at radius 1 is 0.837 bits per heavy atom. The first kappa shape index (κ1) is 33.5. The lowest BCUT2D eigenvalue weighted by molar-refractivity contribution is -0.299. The molecule has 0 spiro atoms. The highest BCUT2D eigenvalue weighted by Gasteiger charge is 2.65. The van der Waals surface area contributed by atoms with Gasteiger partial charge in [0.15, 0.2) is 12.6 Å². The van der Waals surface area contributed by atoms with E-state index in [-0.39, 0.29) is 11.1 Å². The third-order valence-electron chi connectivity index (χ3n) is 7.24. The lowest BCUT2D eigenvalue weighted by Gasteiger charge is -2.41. The van der Waals surface area contributed by atoms with Gasteiger partial charge in [0.25, 0.3) is 5.91 Å². The van der Waals surface area contributed by atoms with E-state index in [4.69, 9.17) is 18.9 Å². The van der Waals surface area contributed by atoms with E-state index in [2.05, 4.69) is 15.5 Å². The van der Waals surface area contributed by atoms with Gasteiger partial charge in [-0.3, -0.25) is 4.79 Å². The zero-order valence-corrected chi connectivity index (χ0v) is 22.1. The first-order valence-electron chi connectivity index (χ1n) is 13.0. The molecule has 1 amide bonds. The Labute approximate surface area is 240 Å². The fourth-order valence-corrected chi connectivity index (χ4v) is 4.70. The number of aliphatic hydroxyl groups is 8. The molecular weight excluding hydrogens is 595 g/mol. The predicted molar refractivity (Wildman–Crippen MR) is 130 cm³/mol. The molecule has 10 atom stereocenters. The van der Waals surface area contributed by atoms with Crippen LogP contribution in [0.2, 0.25) is 0 Å². The largest absolute Gasteiger partial charge is 0.442 e. The fourth-order valence-electron chi connectivity index (χ4n) is 4.70. The normalized spacial score (nSPS) is 36.3. The van der Waals surface area contributed by atoms with Crippen molar-refractivity contribution in [1.29, 1.82) is 0 Å². The van der Waals surface area contributed by atoms with Crippen molar-refractivity contribution in [3.63, 3.8) is 0 Å². The number of hydrogen-bond donors (Lipinski definition) is 9. The summed E-state index contributed by atoms with van der Waals surface area (Å²) in [5.41, 5.74) is -3.11. The van der Waals surface area contributed by atoms with Crippen LogP contribution in [0.1, 0.15) is 15.9 Å². The van der Waals surface area contributed by atoms with Gasteiger partial charge in [0, 0.05) is 11.1 Å². The van der Waals surface area contributed by atoms with Gasteiger partial charge >= 0.3 is 11.8 Å². The molecule has 1 aromatic carbocycles. The Morgan fingerprint density at radius 3 is 1.65 bits per heavy atom. The number of rotatable bonds is 11. The zero-order valence-electron chi connectivity index (χ0n) is 22.1. The van der Waals surface area contributed by atoms with Crippen molar-refractivity contribution in [1.82, 2.24) is 5.32 Å². The van der Waals surface area contributed by atoms with Crippen LogP contribution in [0.5, 0.6) is 0 Å². The number of amides is 1. The third-order valence-corrected chi connectivity index (χ3v) is 7.24. The van der Waals surface area contributed by atoms with Gasteiger partial charge in [-0.2, -0.15) is 13.2 Å². The summed E-state index contributed by atoms with van der Waals surface area (Å²) in [6, 6.07) is 3.04. The van der Waals surface area contributed by atoms with Gasteiger partial charge in [-0.25, -0.2) is 0 Å². The average molecular weight is 628 g/mol. The number of carbonyl (C=O) groups excluding carboxylic acids is 1. The molecule has 242 valence electrons. The van der Waals surface area contributed by atoms with Crippen LogP contribution < -0.4 is 5.32 Å². The molecule has 10 unspecified atom stereocenters. The van der Waals surface area contributed by atoms with Gasteiger partial charge in [0.2, 0.25) is 0 Å². The van der Waals surface area contributed by atoms with Crippen LogP contribution in [0.4, 0.5) is 13.2 Å². The van der Waals surface area contributed by atoms with Gasteiger partial charge in [0.05, 0.1) is 32.5 Å². The minimum atomic E-state index is -4.77. The van der Waals surface area contributed by atoms with Crippen molar-refractivity contribution in [2.75, 3.05) is 26.4 Å². The molecule has 3 aliphatic heterocycles. The van der Waals surface area contributed by atoms with Crippen LogP contribution in [-0.4, -0.2) is 147 Å². The van der Waals surface area contributed by atoms with Crippen LogP contribution >= 0.6 is 0 Å². The molecule has 0 aromatic heterocycles. The maximum absolute atomic E-state index is 13.3. The summed E-state index contributed by atoms with van der Waals surface area (Å²) in [5.74, 6) is -0.835. The number of nitrogens with one attached hydrogen (secondary N) is 1. The molecule has 16 nitrogen and oxygen atoms in total. The standard InChI is InChI=1S/C24H32F3N3O13/c25-24(26,27)23(29-30-23)10-3-1-9(2-4-10)20(37)28-11(7-40-18-12(5-31)42-21(38)16(35)14(18)33)8-41-19-13(6-32)43-22(39)17(36)15(19)34/h1-4,11-19,21-22,31-36,38-39H,5-8H2,(H,28,37). The number of alkyl halides is 3. The molecular formula is C24H32F3N3O13. The molecule has 19 heteroatoms. The number of aliphatic hydroxyl groups excluding tert-OH is 8. The third kappa shape index (κ3) is 6.97. The topological polar surface area (TPSA) is 253 Å². The summed E-state index contributed by atoms with van der Waals surface area (Å²) in [5, 5.41) is 87.9. The van der Waals surface area contributed by atoms with Crippen molar-refractivity contribution in [2.45, 2.75) is 79.3 Å². The number of nitrogens with zero attached hydrogens (tertiary/aromatic N) is 2. The molecule has 0 saturated carbocycles. The SMILES string of the molecule is O=C(NC(COC1C(CO)OC(O)C(O)C1O)COC1C(CO)OC(O)C(O)C1O)c1ccc(C2(C(F)(F)F)N=N2)cc1. The minimum absolute atomic E-state index is 0.104. The second kappa shape index (κ2) is 13.3. The number of halogens is 3. The fraction of sp³-hybridized carbons (Fsp3) is 0.708. The van der Waals surface area contributed by atoms with Crippen molar-refractivity contribution < 1.29 is 77.8 Å². The van der Waals surface area contributed by atoms with Crippen LogP contribution in [0.25, 0.3) is 0 Å². The van der Waals surface area contributed by atoms with E-state index in [9.17, 15) is 58.8 Å². The van der Waals surface area contributed by atoms with Crippen LogP contribution in [0, 0.1) is 0 Å². The van der Waals surface area contributed by atoms with Crippen molar-refractivity contribution in [3.8, 4) is 0 Å². The molecule has 0 bridgehead atoms. The molecule has 4 rings (SSSR count). The van der Waals surface area contributed by atoms with E-state index in [1.807, 2.05) is 0 Å². The Morgan fingerprint density at radius 2 is 1.28 bits per heavy atom. The number of carbonyl (C=O) groups is 1. The molecule has 3 heterocycles. The Hall–Kier alpha value is -2.40. The first-order chi connectivity index (χ1) is 20.2. The number of ether oxygens (including phenoxy) is 4. The summed E-state index contributed by atoms with van der Waals surface area (Å²) in [6.45, 7) is -2.54. The first-order valence-corrected chi connectivity index (χ1v) is 13.0. The van der Waals surface area contributed by atoms with E-state index in [1.54, 1.807) is 0 Å². The summed E-state index contributed by atoms with van der Waals surface area (Å²) in [4.78, 5) is 13.0. The predicted octanol–water partition coefficient (Wildman–Crippen LogP) is -3.40. The summed E-state index contributed by atoms with van der Waals surface area (Å²) >= 11 is 0. The Balaban J connectivity index is 1.48. The van der Waals surface area contributed by atoms with E-state index < -0.39 is 112 Å². The van der Waals surface area contributed by atoms with E-state index in [0.717, 1.165) is 24.3 Å². The summed E-state index contributed by atoms with van der Waals surface area (Å²) < 4.78 is 61.2. The maximum Gasteiger partial charge on any atom is 0.442 e. The summed E-state index contributed by atoms with van der Waals surface area (Å²) in [6.07, 6.45) is -21.0. The quantitative estimate of drug-likeness (QED) is 0.116. The highest BCUT2D eigenvalue weighted by atomic mass is 19.4. The molecule has 2 fully saturated rings. The van der Waals surface area contributed by atoms with Crippen LogP contribution in [0.15, 0.2) is 34.5 Å². The van der Waals surface area contributed by atoms with Gasteiger partial charge in [-0.05, 0) is 12.1 Å². The van der Waals surface area contributed by atoms with Gasteiger partial charge in [-0.1, -0.05) is 12.1 Å². The van der Waals surface area contributed by atoms with E-state index in [0.29, 0.717) is 0 Å². The van der Waals surface area contributed by atoms with Gasteiger partial charge in [-0.15, -0.1) is 10.2 Å². The van der Waals surface area contributed by atoms with Crippen molar-refractivity contribution >= 4 is 5.91 Å². The minimum Gasteiger partial charge on any atom is -0.394 e. The second-order valence-corrected chi connectivity index (χ2v) is 10.2. The van der Waals surface area contributed by atoms with E-state index in [1.165, 1.54) is 0 Å². The molecule has 1 aromatic rings. The maximum atomic E-state index is 13.3. The number of benzene rings is 1. The van der Waals surface area contributed by atoms with E-state index >= 15 is 0 Å². The highest BCUT2D eigenvalue weighted by Crippen LogP contribution is 2.52. The number of hydrogen-bond acceptors (Lipinski definition) is 15. The smallest absolute Gasteiger partial charge is 0.394 e. The molecule has 2 saturated heterocycles. The monoisotopic (exact) mass is 627 g/mol. The molecule has 43 heavy (non-hydrogen) atoms. The van der Waals surface area contributed by atoms with Gasteiger partial charge in [0.1, 0.15) is 48.8 Å². The molecule has 0 radical (unpaired) electrons. The second-order valence-electron chi connectivity index (χ2n) is 10.2. The van der Waals surface area contributed by atoms with Gasteiger partial charge < -0.3 is 65.1 Å². The lowest BCUT2D eigenvalue weighted by Crippen LogP contribution is -2.61. The zero-order chi connectivity index (χ0) is 31.7. The average Bonchev–Trinajstić information content (AvgIpc) is 3.80.